The van der Waals surface area contributed by atoms with Crippen molar-refractivity contribution < 1.29 is 4.79 Å². The molecule has 0 heterocycles. The van der Waals surface area contributed by atoms with Gasteiger partial charge >= 0.3 is 0 Å². The molecule has 0 aromatic rings. The molecule has 104 valence electrons. The van der Waals surface area contributed by atoms with Crippen LogP contribution in [0.3, 0.4) is 0 Å². The predicted octanol–water partition coefficient (Wildman–Crippen LogP) is 2.69. The fourth-order valence-corrected chi connectivity index (χ4v) is 3.53. The van der Waals surface area contributed by atoms with Crippen LogP contribution in [0.15, 0.2) is 0 Å². The number of nitrogens with two attached hydrogens (primary N) is 1. The van der Waals surface area contributed by atoms with E-state index < -0.39 is 0 Å². The summed E-state index contributed by atoms with van der Waals surface area (Å²) in [5.74, 6) is 0.751. The lowest BCUT2D eigenvalue weighted by molar-refractivity contribution is -0.134. The zero-order valence-corrected chi connectivity index (χ0v) is 11.7. The third kappa shape index (κ3) is 3.47. The Bertz CT molecular complexity index is 274. The summed E-state index contributed by atoms with van der Waals surface area (Å²) in [5, 5.41) is 0. The molecule has 0 aromatic carbocycles. The second-order valence-corrected chi connectivity index (χ2v) is 6.21. The molecule has 0 bridgehead atoms. The maximum atomic E-state index is 12.3. The van der Waals surface area contributed by atoms with E-state index in [1.165, 1.54) is 44.9 Å². The fraction of sp³-hybridized carbons (Fsp3) is 0.933. The van der Waals surface area contributed by atoms with Crippen molar-refractivity contribution in [1.82, 2.24) is 4.90 Å². The summed E-state index contributed by atoms with van der Waals surface area (Å²) in [7, 11) is 1.99. The fourth-order valence-electron chi connectivity index (χ4n) is 3.53. The van der Waals surface area contributed by atoms with Gasteiger partial charge in [-0.2, -0.15) is 0 Å². The molecule has 0 aliphatic heterocycles. The van der Waals surface area contributed by atoms with E-state index in [1.54, 1.807) is 0 Å². The smallest absolute Gasteiger partial charge is 0.222 e. The van der Waals surface area contributed by atoms with E-state index in [-0.39, 0.29) is 6.04 Å². The monoisotopic (exact) mass is 252 g/mol. The molecule has 1 amide bonds. The van der Waals surface area contributed by atoms with Crippen LogP contribution in [0.1, 0.15) is 64.2 Å². The van der Waals surface area contributed by atoms with Gasteiger partial charge in [-0.05, 0) is 31.6 Å². The van der Waals surface area contributed by atoms with Crippen LogP contribution in [0.2, 0.25) is 0 Å². The molecule has 0 saturated heterocycles. The number of hydrogen-bond acceptors (Lipinski definition) is 2. The zero-order valence-electron chi connectivity index (χ0n) is 11.7. The van der Waals surface area contributed by atoms with Gasteiger partial charge < -0.3 is 10.6 Å². The normalized spacial score (nSPS) is 30.1. The third-order valence-corrected chi connectivity index (χ3v) is 4.92. The van der Waals surface area contributed by atoms with Crippen molar-refractivity contribution in [1.29, 1.82) is 0 Å². The van der Waals surface area contributed by atoms with Gasteiger partial charge in [0.15, 0.2) is 0 Å². The summed E-state index contributed by atoms with van der Waals surface area (Å²) in [4.78, 5) is 14.3. The van der Waals surface area contributed by atoms with Crippen LogP contribution in [0.25, 0.3) is 0 Å². The molecule has 2 aliphatic rings. The van der Waals surface area contributed by atoms with Gasteiger partial charge in [-0.3, -0.25) is 4.79 Å². The summed E-state index contributed by atoms with van der Waals surface area (Å²) in [5.41, 5.74) is 6.14. The van der Waals surface area contributed by atoms with Crippen molar-refractivity contribution in [3.05, 3.63) is 0 Å². The van der Waals surface area contributed by atoms with Crippen molar-refractivity contribution in [2.45, 2.75) is 76.3 Å². The average molecular weight is 252 g/mol. The van der Waals surface area contributed by atoms with Crippen molar-refractivity contribution in [2.24, 2.45) is 11.7 Å². The largest absolute Gasteiger partial charge is 0.343 e. The molecule has 0 radical (unpaired) electrons. The second-order valence-electron chi connectivity index (χ2n) is 6.21. The minimum atomic E-state index is 0.252. The quantitative estimate of drug-likeness (QED) is 0.839. The van der Waals surface area contributed by atoms with Gasteiger partial charge in [0.2, 0.25) is 5.91 Å². The second kappa shape index (κ2) is 6.55. The summed E-state index contributed by atoms with van der Waals surface area (Å²) in [6.07, 6.45) is 11.7. The minimum Gasteiger partial charge on any atom is -0.343 e. The first kappa shape index (κ1) is 13.9. The average Bonchev–Trinajstić information content (AvgIpc) is 2.41. The van der Waals surface area contributed by atoms with Crippen LogP contribution in [0.5, 0.6) is 0 Å². The first-order chi connectivity index (χ1) is 8.68. The standard InChI is InChI=1S/C15H28N2O/c1-17(13-8-3-2-4-9-13)15(18)11-12-7-5-6-10-14(12)16/h12-14H,2-11,16H2,1H3. The van der Waals surface area contributed by atoms with Crippen LogP contribution in [-0.2, 0) is 4.79 Å². The Balaban J connectivity index is 1.82. The maximum Gasteiger partial charge on any atom is 0.222 e. The minimum absolute atomic E-state index is 0.252. The highest BCUT2D eigenvalue weighted by Gasteiger charge is 2.28. The van der Waals surface area contributed by atoms with E-state index in [0.29, 0.717) is 24.3 Å². The molecular weight excluding hydrogens is 224 g/mol. The molecule has 0 spiro atoms. The lowest BCUT2D eigenvalue weighted by atomic mass is 9.82. The molecular formula is C15H28N2O. The third-order valence-electron chi connectivity index (χ3n) is 4.92. The van der Waals surface area contributed by atoms with E-state index >= 15 is 0 Å². The number of carbonyl (C=O) groups excluding carboxylic acids is 1. The van der Waals surface area contributed by atoms with Crippen molar-refractivity contribution in [2.75, 3.05) is 7.05 Å². The van der Waals surface area contributed by atoms with Gasteiger partial charge in [0.25, 0.3) is 0 Å². The molecule has 0 aromatic heterocycles. The number of rotatable bonds is 3. The van der Waals surface area contributed by atoms with Crippen LogP contribution in [0, 0.1) is 5.92 Å². The Morgan fingerprint density at radius 2 is 1.67 bits per heavy atom. The van der Waals surface area contributed by atoms with Crippen molar-refractivity contribution in [3.8, 4) is 0 Å². The highest BCUT2D eigenvalue weighted by molar-refractivity contribution is 5.76. The molecule has 18 heavy (non-hydrogen) atoms. The first-order valence-electron chi connectivity index (χ1n) is 7.69. The summed E-state index contributed by atoms with van der Waals surface area (Å²) >= 11 is 0. The summed E-state index contributed by atoms with van der Waals surface area (Å²) < 4.78 is 0. The molecule has 2 atom stereocenters. The van der Waals surface area contributed by atoms with Gasteiger partial charge in [0.1, 0.15) is 0 Å². The molecule has 2 aliphatic carbocycles. The molecule has 2 N–H and O–H groups in total. The topological polar surface area (TPSA) is 46.3 Å². The lowest BCUT2D eigenvalue weighted by Gasteiger charge is -2.34. The Labute approximate surface area is 111 Å². The van der Waals surface area contributed by atoms with Gasteiger partial charge in [-0.25, -0.2) is 0 Å². The molecule has 3 heteroatoms. The van der Waals surface area contributed by atoms with E-state index in [1.807, 2.05) is 11.9 Å². The van der Waals surface area contributed by atoms with Crippen molar-refractivity contribution in [3.63, 3.8) is 0 Å². The highest BCUT2D eigenvalue weighted by Crippen LogP contribution is 2.28. The number of nitrogens with zero attached hydrogens (tertiary/aromatic N) is 1. The van der Waals surface area contributed by atoms with Gasteiger partial charge in [-0.15, -0.1) is 0 Å². The first-order valence-corrected chi connectivity index (χ1v) is 7.69. The SMILES string of the molecule is CN(C(=O)CC1CCCCC1N)C1CCCCC1. The molecule has 3 nitrogen and oxygen atoms in total. The van der Waals surface area contributed by atoms with Gasteiger partial charge in [0.05, 0.1) is 0 Å². The number of hydrogen-bond donors (Lipinski definition) is 1. The van der Waals surface area contributed by atoms with Gasteiger partial charge in [0, 0.05) is 25.6 Å². The Hall–Kier alpha value is -0.570. The zero-order chi connectivity index (χ0) is 13.0. The number of carbonyl (C=O) groups is 1. The summed E-state index contributed by atoms with van der Waals surface area (Å²) in [6.45, 7) is 0. The van der Waals surface area contributed by atoms with Gasteiger partial charge in [-0.1, -0.05) is 32.1 Å². The molecule has 2 fully saturated rings. The van der Waals surface area contributed by atoms with Crippen LogP contribution < -0.4 is 5.73 Å². The summed E-state index contributed by atoms with van der Waals surface area (Å²) in [6, 6.07) is 0.744. The maximum absolute atomic E-state index is 12.3. The molecule has 2 unspecified atom stereocenters. The van der Waals surface area contributed by atoms with E-state index in [9.17, 15) is 4.79 Å². The lowest BCUT2D eigenvalue weighted by Crippen LogP contribution is -2.42. The number of amides is 1. The highest BCUT2D eigenvalue weighted by atomic mass is 16.2. The molecule has 2 saturated carbocycles. The Morgan fingerprint density at radius 3 is 2.33 bits per heavy atom. The van der Waals surface area contributed by atoms with Crippen LogP contribution in [0.4, 0.5) is 0 Å². The van der Waals surface area contributed by atoms with E-state index in [0.717, 1.165) is 12.8 Å². The van der Waals surface area contributed by atoms with Crippen LogP contribution >= 0.6 is 0 Å². The van der Waals surface area contributed by atoms with Crippen molar-refractivity contribution >= 4 is 5.91 Å². The Morgan fingerprint density at radius 1 is 1.06 bits per heavy atom. The van der Waals surface area contributed by atoms with E-state index in [4.69, 9.17) is 5.73 Å². The predicted molar refractivity (Wildman–Crippen MR) is 74.2 cm³/mol. The molecule has 2 rings (SSSR count). The Kier molecular flexibility index (Phi) is 5.04. The van der Waals surface area contributed by atoms with E-state index in [2.05, 4.69) is 0 Å². The van der Waals surface area contributed by atoms with Crippen LogP contribution in [-0.4, -0.2) is 29.9 Å².